The van der Waals surface area contributed by atoms with Crippen molar-refractivity contribution in [2.45, 2.75) is 0 Å². The number of benzene rings is 1. The van der Waals surface area contributed by atoms with Gasteiger partial charge in [0.15, 0.2) is 11.5 Å². The average molecular weight is 259 g/mol. The summed E-state index contributed by atoms with van der Waals surface area (Å²) in [6.07, 6.45) is 0. The van der Waals surface area contributed by atoms with Gasteiger partial charge in [-0.2, -0.15) is 0 Å². The lowest BCUT2D eigenvalue weighted by Gasteiger charge is -2.02. The smallest absolute Gasteiger partial charge is 0.166 e. The summed E-state index contributed by atoms with van der Waals surface area (Å²) >= 11 is 4.96. The minimum atomic E-state index is 0.210. The molecule has 4 heteroatoms. The Morgan fingerprint density at radius 2 is 2.23 bits per heavy atom. The number of fused-ring (bicyclic) bond motifs is 1. The minimum absolute atomic E-state index is 0.210. The second-order valence-electron chi connectivity index (χ2n) is 2.58. The maximum atomic E-state index is 9.72. The predicted molar refractivity (Wildman–Crippen MR) is 57.7 cm³/mol. The van der Waals surface area contributed by atoms with Crippen molar-refractivity contribution < 1.29 is 9.84 Å². The standard InChI is InChI=1S/C9H7BrO2S/c1-12-6-2-3-7-5(9(6)11)4-8(10)13-7/h2-4,11H,1H3. The molecule has 1 heterocycles. The number of hydrogen-bond donors (Lipinski definition) is 1. The van der Waals surface area contributed by atoms with Crippen molar-refractivity contribution in [3.63, 3.8) is 0 Å². The van der Waals surface area contributed by atoms with Gasteiger partial charge in [-0.1, -0.05) is 0 Å². The number of aromatic hydroxyl groups is 1. The summed E-state index contributed by atoms with van der Waals surface area (Å²) < 4.78 is 7.05. The van der Waals surface area contributed by atoms with E-state index in [-0.39, 0.29) is 5.75 Å². The van der Waals surface area contributed by atoms with Crippen molar-refractivity contribution in [1.82, 2.24) is 0 Å². The van der Waals surface area contributed by atoms with Crippen molar-refractivity contribution >= 4 is 37.4 Å². The summed E-state index contributed by atoms with van der Waals surface area (Å²) in [6.45, 7) is 0. The highest BCUT2D eigenvalue weighted by molar-refractivity contribution is 9.11. The molecule has 0 fully saturated rings. The summed E-state index contributed by atoms with van der Waals surface area (Å²) in [5, 5.41) is 10.6. The lowest BCUT2D eigenvalue weighted by molar-refractivity contribution is 0.376. The quantitative estimate of drug-likeness (QED) is 0.850. The molecule has 0 radical (unpaired) electrons. The molecule has 0 atom stereocenters. The molecule has 2 aromatic rings. The third-order valence-corrected chi connectivity index (χ3v) is 3.43. The average Bonchev–Trinajstić information content (AvgIpc) is 2.47. The number of methoxy groups -OCH3 is 1. The number of ether oxygens (including phenoxy) is 1. The molecule has 1 N–H and O–H groups in total. The lowest BCUT2D eigenvalue weighted by Crippen LogP contribution is -1.82. The zero-order valence-corrected chi connectivity index (χ0v) is 9.28. The van der Waals surface area contributed by atoms with Gasteiger partial charge in [-0.3, -0.25) is 0 Å². The third-order valence-electron chi connectivity index (χ3n) is 1.83. The number of thiophene rings is 1. The van der Waals surface area contributed by atoms with Gasteiger partial charge in [-0.15, -0.1) is 11.3 Å². The fourth-order valence-corrected chi connectivity index (χ4v) is 2.75. The first-order chi connectivity index (χ1) is 6.22. The summed E-state index contributed by atoms with van der Waals surface area (Å²) in [5.41, 5.74) is 0. The molecule has 2 rings (SSSR count). The monoisotopic (exact) mass is 258 g/mol. The first-order valence-electron chi connectivity index (χ1n) is 3.67. The van der Waals surface area contributed by atoms with Crippen LogP contribution in [0, 0.1) is 0 Å². The minimum Gasteiger partial charge on any atom is -0.504 e. The maximum Gasteiger partial charge on any atom is 0.166 e. The molecule has 68 valence electrons. The van der Waals surface area contributed by atoms with Crippen LogP contribution in [-0.2, 0) is 0 Å². The van der Waals surface area contributed by atoms with E-state index < -0.39 is 0 Å². The molecule has 0 aliphatic carbocycles. The Bertz CT molecular complexity index is 450. The highest BCUT2D eigenvalue weighted by Crippen LogP contribution is 2.40. The Balaban J connectivity index is 2.78. The van der Waals surface area contributed by atoms with E-state index >= 15 is 0 Å². The third kappa shape index (κ3) is 1.40. The van der Waals surface area contributed by atoms with Gasteiger partial charge in [0.2, 0.25) is 0 Å². The van der Waals surface area contributed by atoms with Gasteiger partial charge < -0.3 is 9.84 Å². The van der Waals surface area contributed by atoms with Crippen LogP contribution in [0.5, 0.6) is 11.5 Å². The maximum absolute atomic E-state index is 9.72. The van der Waals surface area contributed by atoms with Crippen LogP contribution in [0.3, 0.4) is 0 Å². The van der Waals surface area contributed by atoms with E-state index in [4.69, 9.17) is 4.74 Å². The molecule has 0 amide bonds. The molecule has 13 heavy (non-hydrogen) atoms. The van der Waals surface area contributed by atoms with Crippen molar-refractivity contribution in [1.29, 1.82) is 0 Å². The Kier molecular flexibility index (Phi) is 2.17. The fraction of sp³-hybridized carbons (Fsp3) is 0.111. The van der Waals surface area contributed by atoms with E-state index in [9.17, 15) is 5.11 Å². The van der Waals surface area contributed by atoms with Crippen LogP contribution in [-0.4, -0.2) is 12.2 Å². The number of phenolic OH excluding ortho intramolecular Hbond substituents is 1. The highest BCUT2D eigenvalue weighted by atomic mass is 79.9. The first kappa shape index (κ1) is 8.84. The molecule has 2 nitrogen and oxygen atoms in total. The number of halogens is 1. The van der Waals surface area contributed by atoms with Crippen molar-refractivity contribution in [3.8, 4) is 11.5 Å². The van der Waals surface area contributed by atoms with Gasteiger partial charge in [0.25, 0.3) is 0 Å². The summed E-state index contributed by atoms with van der Waals surface area (Å²) in [7, 11) is 1.54. The molecule has 1 aromatic heterocycles. The molecule has 0 aliphatic heterocycles. The summed E-state index contributed by atoms with van der Waals surface area (Å²) in [4.78, 5) is 0. The Morgan fingerprint density at radius 1 is 1.46 bits per heavy atom. The van der Waals surface area contributed by atoms with Gasteiger partial charge in [0.05, 0.1) is 10.9 Å². The lowest BCUT2D eigenvalue weighted by atomic mass is 10.2. The molecule has 1 aromatic carbocycles. The van der Waals surface area contributed by atoms with Crippen LogP contribution >= 0.6 is 27.3 Å². The van der Waals surface area contributed by atoms with Crippen LogP contribution in [0.25, 0.3) is 10.1 Å². The topological polar surface area (TPSA) is 29.5 Å². The molecule has 0 unspecified atom stereocenters. The van der Waals surface area contributed by atoms with Gasteiger partial charge in [-0.05, 0) is 34.1 Å². The number of phenols is 1. The normalized spacial score (nSPS) is 10.6. The van der Waals surface area contributed by atoms with E-state index in [0.717, 1.165) is 13.9 Å². The number of rotatable bonds is 1. The van der Waals surface area contributed by atoms with E-state index in [2.05, 4.69) is 15.9 Å². The van der Waals surface area contributed by atoms with Gasteiger partial charge in [0.1, 0.15) is 0 Å². The van der Waals surface area contributed by atoms with Crippen molar-refractivity contribution in [2.24, 2.45) is 0 Å². The predicted octanol–water partition coefficient (Wildman–Crippen LogP) is 3.38. The van der Waals surface area contributed by atoms with E-state index in [0.29, 0.717) is 5.75 Å². The van der Waals surface area contributed by atoms with Crippen molar-refractivity contribution in [2.75, 3.05) is 7.11 Å². The van der Waals surface area contributed by atoms with Crippen LogP contribution in [0.1, 0.15) is 0 Å². The Morgan fingerprint density at radius 3 is 2.92 bits per heavy atom. The Hall–Kier alpha value is -0.740. The molecule has 0 spiro atoms. The molecular formula is C9H7BrO2S. The summed E-state index contributed by atoms with van der Waals surface area (Å²) in [6, 6.07) is 5.59. The van der Waals surface area contributed by atoms with Gasteiger partial charge in [0, 0.05) is 10.1 Å². The van der Waals surface area contributed by atoms with E-state index in [1.807, 2.05) is 12.1 Å². The largest absolute Gasteiger partial charge is 0.504 e. The fourth-order valence-electron chi connectivity index (χ4n) is 1.21. The zero-order valence-electron chi connectivity index (χ0n) is 6.87. The van der Waals surface area contributed by atoms with Crippen LogP contribution < -0.4 is 4.74 Å². The van der Waals surface area contributed by atoms with Gasteiger partial charge in [-0.25, -0.2) is 0 Å². The zero-order chi connectivity index (χ0) is 9.42. The molecule has 0 saturated heterocycles. The second kappa shape index (κ2) is 3.20. The molecule has 0 saturated carbocycles. The van der Waals surface area contributed by atoms with Crippen LogP contribution in [0.4, 0.5) is 0 Å². The summed E-state index contributed by atoms with van der Waals surface area (Å²) in [5.74, 6) is 0.722. The van der Waals surface area contributed by atoms with Crippen LogP contribution in [0.2, 0.25) is 0 Å². The van der Waals surface area contributed by atoms with E-state index in [1.165, 1.54) is 0 Å². The number of hydrogen-bond acceptors (Lipinski definition) is 3. The molecule has 0 aliphatic rings. The highest BCUT2D eigenvalue weighted by Gasteiger charge is 2.08. The van der Waals surface area contributed by atoms with Crippen molar-refractivity contribution in [3.05, 3.63) is 22.0 Å². The van der Waals surface area contributed by atoms with Gasteiger partial charge >= 0.3 is 0 Å². The second-order valence-corrected chi connectivity index (χ2v) is 5.04. The Labute approximate surface area is 87.9 Å². The SMILES string of the molecule is COc1ccc2sc(Br)cc2c1O. The van der Waals surface area contributed by atoms with Crippen LogP contribution in [0.15, 0.2) is 22.0 Å². The molecule has 0 bridgehead atoms. The van der Waals surface area contributed by atoms with E-state index in [1.54, 1.807) is 24.5 Å². The molecular weight excluding hydrogens is 252 g/mol. The first-order valence-corrected chi connectivity index (χ1v) is 5.28.